The van der Waals surface area contributed by atoms with E-state index >= 15 is 0 Å². The molecule has 0 bridgehead atoms. The van der Waals surface area contributed by atoms with E-state index < -0.39 is 0 Å². The van der Waals surface area contributed by atoms with E-state index in [4.69, 9.17) is 16.3 Å². The van der Waals surface area contributed by atoms with Gasteiger partial charge in [-0.25, -0.2) is 0 Å². The number of nitrogens with one attached hydrogen (secondary N) is 1. The van der Waals surface area contributed by atoms with Crippen LogP contribution in [0.1, 0.15) is 13.3 Å². The van der Waals surface area contributed by atoms with Crippen LogP contribution in [0.2, 0.25) is 5.02 Å². The van der Waals surface area contributed by atoms with E-state index in [1.807, 2.05) is 0 Å². The number of rotatable bonds is 6. The van der Waals surface area contributed by atoms with Crippen molar-refractivity contribution in [1.82, 2.24) is 0 Å². The maximum absolute atomic E-state index is 12.1. The summed E-state index contributed by atoms with van der Waals surface area (Å²) in [6.45, 7) is 1.74. The molecule has 0 fully saturated rings. The van der Waals surface area contributed by atoms with Crippen LogP contribution in [-0.2, 0) is 9.59 Å². The Hall–Kier alpha value is -2.53. The normalized spacial score (nSPS) is 10.1. The molecule has 0 saturated carbocycles. The number of anilines is 2. The molecule has 1 N–H and O–H groups in total. The van der Waals surface area contributed by atoms with E-state index in [-0.39, 0.29) is 24.8 Å². The quantitative estimate of drug-likeness (QED) is 0.867. The first-order valence-electron chi connectivity index (χ1n) is 7.47. The first kappa shape index (κ1) is 17.8. The number of ether oxygens (including phenoxy) is 1. The lowest BCUT2D eigenvalue weighted by molar-refractivity contribution is -0.117. The topological polar surface area (TPSA) is 58.6 Å². The number of carbonyl (C=O) groups is 2. The van der Waals surface area contributed by atoms with Crippen molar-refractivity contribution >= 4 is 34.8 Å². The van der Waals surface area contributed by atoms with Gasteiger partial charge in [-0.05, 0) is 42.5 Å². The third-order valence-corrected chi connectivity index (χ3v) is 3.67. The van der Waals surface area contributed by atoms with Crippen LogP contribution in [0.5, 0.6) is 5.75 Å². The Bertz CT molecular complexity index is 716. The molecule has 0 aliphatic rings. The van der Waals surface area contributed by atoms with Gasteiger partial charge in [-0.15, -0.1) is 0 Å². The standard InChI is InChI=1S/C18H19ClN2O3/c1-13(22)21(16-5-3-4-14(19)12-16)11-10-18(23)20-15-6-8-17(24-2)9-7-15/h3-9,12H,10-11H2,1-2H3,(H,20,23). The Balaban J connectivity index is 1.96. The predicted molar refractivity (Wildman–Crippen MR) is 95.7 cm³/mol. The van der Waals surface area contributed by atoms with Gasteiger partial charge in [0.25, 0.3) is 0 Å². The molecule has 24 heavy (non-hydrogen) atoms. The first-order chi connectivity index (χ1) is 11.5. The van der Waals surface area contributed by atoms with Gasteiger partial charge in [-0.3, -0.25) is 9.59 Å². The molecule has 0 radical (unpaired) electrons. The molecule has 0 aliphatic carbocycles. The Morgan fingerprint density at radius 2 is 1.88 bits per heavy atom. The summed E-state index contributed by atoms with van der Waals surface area (Å²) in [7, 11) is 1.58. The molecule has 5 nitrogen and oxygen atoms in total. The van der Waals surface area contributed by atoms with Crippen molar-refractivity contribution in [3.63, 3.8) is 0 Å². The van der Waals surface area contributed by atoms with Crippen molar-refractivity contribution in [2.24, 2.45) is 0 Å². The largest absolute Gasteiger partial charge is 0.497 e. The molecule has 2 aromatic rings. The van der Waals surface area contributed by atoms with Gasteiger partial charge in [0.05, 0.1) is 7.11 Å². The van der Waals surface area contributed by atoms with Crippen molar-refractivity contribution in [3.8, 4) is 5.75 Å². The summed E-state index contributed by atoms with van der Waals surface area (Å²) >= 11 is 5.96. The molecule has 2 rings (SSSR count). The Morgan fingerprint density at radius 3 is 2.46 bits per heavy atom. The Morgan fingerprint density at radius 1 is 1.17 bits per heavy atom. The van der Waals surface area contributed by atoms with Crippen LogP contribution >= 0.6 is 11.6 Å². The summed E-state index contributed by atoms with van der Waals surface area (Å²) in [6, 6.07) is 14.0. The average Bonchev–Trinajstić information content (AvgIpc) is 2.55. The number of amides is 2. The van der Waals surface area contributed by atoms with Gasteiger partial charge in [0.1, 0.15) is 5.75 Å². The Labute approximate surface area is 146 Å². The molecule has 0 aromatic heterocycles. The van der Waals surface area contributed by atoms with Gasteiger partial charge in [0.2, 0.25) is 11.8 Å². The number of carbonyl (C=O) groups excluding carboxylic acids is 2. The maximum Gasteiger partial charge on any atom is 0.226 e. The van der Waals surface area contributed by atoms with Gasteiger partial charge in [0, 0.05) is 36.3 Å². The molecule has 0 unspecified atom stereocenters. The number of hydrogen-bond donors (Lipinski definition) is 1. The molecule has 6 heteroatoms. The number of nitrogens with zero attached hydrogens (tertiary/aromatic N) is 1. The summed E-state index contributed by atoms with van der Waals surface area (Å²) in [5, 5.41) is 3.33. The van der Waals surface area contributed by atoms with Crippen LogP contribution < -0.4 is 15.0 Å². The predicted octanol–water partition coefficient (Wildman–Crippen LogP) is 3.73. The molecule has 2 aromatic carbocycles. The van der Waals surface area contributed by atoms with Crippen molar-refractivity contribution in [2.75, 3.05) is 23.9 Å². The monoisotopic (exact) mass is 346 g/mol. The van der Waals surface area contributed by atoms with Gasteiger partial charge < -0.3 is 15.0 Å². The molecular formula is C18H19ClN2O3. The van der Waals surface area contributed by atoms with Gasteiger partial charge in [-0.1, -0.05) is 17.7 Å². The van der Waals surface area contributed by atoms with E-state index in [1.54, 1.807) is 55.6 Å². The van der Waals surface area contributed by atoms with E-state index in [9.17, 15) is 9.59 Å². The molecule has 0 atom stereocenters. The highest BCUT2D eigenvalue weighted by atomic mass is 35.5. The summed E-state index contributed by atoms with van der Waals surface area (Å²) in [4.78, 5) is 25.4. The fraction of sp³-hybridized carbons (Fsp3) is 0.222. The summed E-state index contributed by atoms with van der Waals surface area (Å²) in [6.07, 6.45) is 0.179. The molecule has 0 saturated heterocycles. The minimum atomic E-state index is -0.173. The van der Waals surface area contributed by atoms with Crippen LogP contribution in [0.25, 0.3) is 0 Å². The highest BCUT2D eigenvalue weighted by Crippen LogP contribution is 2.20. The molecule has 0 spiro atoms. The second kappa shape index (κ2) is 8.36. The minimum absolute atomic E-state index is 0.144. The van der Waals surface area contributed by atoms with E-state index in [2.05, 4.69) is 5.32 Å². The zero-order chi connectivity index (χ0) is 17.5. The highest BCUT2D eigenvalue weighted by molar-refractivity contribution is 6.30. The molecule has 0 aliphatic heterocycles. The second-order valence-corrected chi connectivity index (χ2v) is 5.61. The van der Waals surface area contributed by atoms with Crippen LogP contribution in [0.3, 0.4) is 0 Å². The third kappa shape index (κ3) is 4.99. The van der Waals surface area contributed by atoms with Crippen LogP contribution in [0, 0.1) is 0 Å². The van der Waals surface area contributed by atoms with Crippen molar-refractivity contribution < 1.29 is 14.3 Å². The number of halogens is 1. The fourth-order valence-electron chi connectivity index (χ4n) is 2.22. The van der Waals surface area contributed by atoms with Gasteiger partial charge >= 0.3 is 0 Å². The lowest BCUT2D eigenvalue weighted by Crippen LogP contribution is -2.31. The third-order valence-electron chi connectivity index (χ3n) is 3.44. The summed E-state index contributed by atoms with van der Waals surface area (Å²) in [5.74, 6) is 0.402. The molecule has 2 amide bonds. The van der Waals surface area contributed by atoms with Crippen LogP contribution in [0.4, 0.5) is 11.4 Å². The lowest BCUT2D eigenvalue weighted by atomic mass is 10.2. The zero-order valence-electron chi connectivity index (χ0n) is 13.6. The lowest BCUT2D eigenvalue weighted by Gasteiger charge is -2.21. The van der Waals surface area contributed by atoms with E-state index in [1.165, 1.54) is 11.8 Å². The smallest absolute Gasteiger partial charge is 0.226 e. The summed E-state index contributed by atoms with van der Waals surface area (Å²) < 4.78 is 5.07. The van der Waals surface area contributed by atoms with Crippen LogP contribution in [0.15, 0.2) is 48.5 Å². The van der Waals surface area contributed by atoms with Crippen molar-refractivity contribution in [2.45, 2.75) is 13.3 Å². The number of methoxy groups -OCH3 is 1. The first-order valence-corrected chi connectivity index (χ1v) is 7.85. The maximum atomic E-state index is 12.1. The number of hydrogen-bond acceptors (Lipinski definition) is 3. The molecule has 0 heterocycles. The van der Waals surface area contributed by atoms with Gasteiger partial charge in [0.15, 0.2) is 0 Å². The zero-order valence-corrected chi connectivity index (χ0v) is 14.3. The summed E-state index contributed by atoms with van der Waals surface area (Å²) in [5.41, 5.74) is 1.35. The number of benzene rings is 2. The highest BCUT2D eigenvalue weighted by Gasteiger charge is 2.14. The minimum Gasteiger partial charge on any atom is -0.497 e. The Kier molecular flexibility index (Phi) is 6.21. The van der Waals surface area contributed by atoms with E-state index in [0.717, 1.165) is 5.75 Å². The van der Waals surface area contributed by atoms with Crippen molar-refractivity contribution in [1.29, 1.82) is 0 Å². The van der Waals surface area contributed by atoms with Crippen LogP contribution in [-0.4, -0.2) is 25.5 Å². The van der Waals surface area contributed by atoms with Crippen molar-refractivity contribution in [3.05, 3.63) is 53.6 Å². The van der Waals surface area contributed by atoms with Gasteiger partial charge in [-0.2, -0.15) is 0 Å². The average molecular weight is 347 g/mol. The SMILES string of the molecule is COc1ccc(NC(=O)CCN(C(C)=O)c2cccc(Cl)c2)cc1. The van der Waals surface area contributed by atoms with E-state index in [0.29, 0.717) is 16.4 Å². The fourth-order valence-corrected chi connectivity index (χ4v) is 2.41. The second-order valence-electron chi connectivity index (χ2n) is 5.18. The molecular weight excluding hydrogens is 328 g/mol. The molecule has 126 valence electrons.